The molecule has 3 rings (SSSR count). The first-order valence-electron chi connectivity index (χ1n) is 7.72. The van der Waals surface area contributed by atoms with Crippen molar-refractivity contribution in [2.24, 2.45) is 11.7 Å². The van der Waals surface area contributed by atoms with E-state index in [0.29, 0.717) is 23.1 Å². The minimum atomic E-state index is 0.0637. The number of halogens is 1. The van der Waals surface area contributed by atoms with E-state index in [0.717, 1.165) is 37.2 Å². The average Bonchev–Trinajstić information content (AvgIpc) is 2.53. The maximum atomic E-state index is 12.6. The molecule has 0 saturated carbocycles. The number of carbonyl (C=O) groups is 1. The Morgan fingerprint density at radius 1 is 1.41 bits per heavy atom. The zero-order valence-corrected chi connectivity index (χ0v) is 13.5. The highest BCUT2D eigenvalue weighted by Gasteiger charge is 2.27. The van der Waals surface area contributed by atoms with Gasteiger partial charge < -0.3 is 15.4 Å². The van der Waals surface area contributed by atoms with Gasteiger partial charge in [-0.15, -0.1) is 0 Å². The molecule has 2 aliphatic rings. The molecule has 0 spiro atoms. The molecule has 2 N–H and O–H groups in total. The van der Waals surface area contributed by atoms with E-state index >= 15 is 0 Å². The summed E-state index contributed by atoms with van der Waals surface area (Å²) in [6.45, 7) is 3.90. The van der Waals surface area contributed by atoms with Gasteiger partial charge in [-0.2, -0.15) is 0 Å². The minimum absolute atomic E-state index is 0.0637. The molecule has 5 heteroatoms. The lowest BCUT2D eigenvalue weighted by molar-refractivity contribution is -0.128. The fourth-order valence-corrected chi connectivity index (χ4v) is 3.28. The normalized spacial score (nSPS) is 20.0. The Morgan fingerprint density at radius 3 is 2.82 bits per heavy atom. The standard InChI is InChI=1S/C17H21ClN2O2/c1-11(19)12-4-6-20(7-5-12)17(21)14-8-13-9-15(18)2-3-16(13)22-10-14/h2-3,8-9,11-12H,4-7,10,19H2,1H3. The summed E-state index contributed by atoms with van der Waals surface area (Å²) in [6, 6.07) is 5.65. The van der Waals surface area contributed by atoms with Crippen molar-refractivity contribution >= 4 is 23.6 Å². The first-order valence-corrected chi connectivity index (χ1v) is 8.10. The summed E-state index contributed by atoms with van der Waals surface area (Å²) in [4.78, 5) is 14.5. The monoisotopic (exact) mass is 320 g/mol. The van der Waals surface area contributed by atoms with Crippen LogP contribution >= 0.6 is 11.6 Å². The molecule has 1 saturated heterocycles. The van der Waals surface area contributed by atoms with Crippen LogP contribution in [0.1, 0.15) is 25.3 Å². The average molecular weight is 321 g/mol. The predicted molar refractivity (Wildman–Crippen MR) is 87.9 cm³/mol. The van der Waals surface area contributed by atoms with Crippen molar-refractivity contribution < 1.29 is 9.53 Å². The quantitative estimate of drug-likeness (QED) is 0.911. The highest BCUT2D eigenvalue weighted by Crippen LogP contribution is 2.30. The van der Waals surface area contributed by atoms with Gasteiger partial charge in [-0.3, -0.25) is 4.79 Å². The molecule has 2 heterocycles. The largest absolute Gasteiger partial charge is 0.488 e. The SMILES string of the molecule is CC(N)C1CCN(C(=O)C2=Cc3cc(Cl)ccc3OC2)CC1. The lowest BCUT2D eigenvalue weighted by Gasteiger charge is -2.34. The van der Waals surface area contributed by atoms with Crippen molar-refractivity contribution in [3.8, 4) is 5.75 Å². The maximum absolute atomic E-state index is 12.6. The van der Waals surface area contributed by atoms with Crippen molar-refractivity contribution in [3.05, 3.63) is 34.4 Å². The maximum Gasteiger partial charge on any atom is 0.253 e. The number of likely N-dealkylation sites (tertiary alicyclic amines) is 1. The highest BCUT2D eigenvalue weighted by molar-refractivity contribution is 6.30. The Labute approximate surface area is 135 Å². The van der Waals surface area contributed by atoms with Crippen LogP contribution in [0.3, 0.4) is 0 Å². The molecular weight excluding hydrogens is 300 g/mol. The second-order valence-electron chi connectivity index (χ2n) is 6.13. The Morgan fingerprint density at radius 2 is 2.14 bits per heavy atom. The first-order chi connectivity index (χ1) is 10.5. The number of nitrogens with two attached hydrogens (primary N) is 1. The number of ether oxygens (including phenoxy) is 1. The summed E-state index contributed by atoms with van der Waals surface area (Å²) >= 11 is 6.01. The van der Waals surface area contributed by atoms with Gasteiger partial charge in [0.05, 0.1) is 5.57 Å². The first kappa shape index (κ1) is 15.4. The topological polar surface area (TPSA) is 55.6 Å². The summed E-state index contributed by atoms with van der Waals surface area (Å²) in [5, 5.41) is 0.644. The van der Waals surface area contributed by atoms with Gasteiger partial charge in [0.25, 0.3) is 5.91 Å². The molecule has 0 bridgehead atoms. The van der Waals surface area contributed by atoms with Gasteiger partial charge in [0.15, 0.2) is 0 Å². The molecule has 1 aromatic rings. The van der Waals surface area contributed by atoms with Gasteiger partial charge in [-0.25, -0.2) is 0 Å². The van der Waals surface area contributed by atoms with E-state index in [1.165, 1.54) is 0 Å². The fourth-order valence-electron chi connectivity index (χ4n) is 3.10. The van der Waals surface area contributed by atoms with Crippen molar-refractivity contribution in [3.63, 3.8) is 0 Å². The highest BCUT2D eigenvalue weighted by atomic mass is 35.5. The van der Waals surface area contributed by atoms with Gasteiger partial charge in [0.1, 0.15) is 12.4 Å². The van der Waals surface area contributed by atoms with Crippen molar-refractivity contribution in [2.45, 2.75) is 25.8 Å². The van der Waals surface area contributed by atoms with Gasteiger partial charge in [0.2, 0.25) is 0 Å². The van der Waals surface area contributed by atoms with Crippen molar-refractivity contribution in [2.75, 3.05) is 19.7 Å². The summed E-state index contributed by atoms with van der Waals surface area (Å²) in [5.74, 6) is 1.35. The van der Waals surface area contributed by atoms with E-state index in [1.807, 2.05) is 30.0 Å². The number of piperidine rings is 1. The third-order valence-corrected chi connectivity index (χ3v) is 4.76. The van der Waals surface area contributed by atoms with Crippen LogP contribution < -0.4 is 10.5 Å². The zero-order chi connectivity index (χ0) is 15.7. The van der Waals surface area contributed by atoms with Gasteiger partial charge in [-0.1, -0.05) is 11.6 Å². The Bertz CT molecular complexity index is 605. The van der Waals surface area contributed by atoms with Crippen LogP contribution in [0.2, 0.25) is 5.02 Å². The van der Waals surface area contributed by atoms with Crippen molar-refractivity contribution in [1.82, 2.24) is 4.90 Å². The molecule has 1 fully saturated rings. The van der Waals surface area contributed by atoms with Crippen LogP contribution in [0.15, 0.2) is 23.8 Å². The lowest BCUT2D eigenvalue weighted by atomic mass is 9.90. The van der Waals surface area contributed by atoms with Crippen LogP contribution in [0, 0.1) is 5.92 Å². The van der Waals surface area contributed by atoms with E-state index in [2.05, 4.69) is 0 Å². The van der Waals surface area contributed by atoms with E-state index in [1.54, 1.807) is 6.07 Å². The second kappa shape index (κ2) is 6.31. The second-order valence-corrected chi connectivity index (χ2v) is 6.57. The van der Waals surface area contributed by atoms with Crippen LogP contribution in [0.25, 0.3) is 6.08 Å². The number of nitrogens with zero attached hydrogens (tertiary/aromatic N) is 1. The van der Waals surface area contributed by atoms with E-state index < -0.39 is 0 Å². The van der Waals surface area contributed by atoms with Gasteiger partial charge >= 0.3 is 0 Å². The molecule has 1 unspecified atom stereocenters. The number of amides is 1. The van der Waals surface area contributed by atoms with Crippen LogP contribution in [0.4, 0.5) is 0 Å². The summed E-state index contributed by atoms with van der Waals surface area (Å²) < 4.78 is 5.67. The summed E-state index contributed by atoms with van der Waals surface area (Å²) in [6.07, 6.45) is 3.84. The number of rotatable bonds is 2. The van der Waals surface area contributed by atoms with Crippen LogP contribution in [-0.4, -0.2) is 36.5 Å². The van der Waals surface area contributed by atoms with Crippen LogP contribution in [-0.2, 0) is 4.79 Å². The minimum Gasteiger partial charge on any atom is -0.488 e. The number of carbonyl (C=O) groups excluding carboxylic acids is 1. The van der Waals surface area contributed by atoms with E-state index in [-0.39, 0.29) is 11.9 Å². The molecule has 22 heavy (non-hydrogen) atoms. The van der Waals surface area contributed by atoms with Crippen LogP contribution in [0.5, 0.6) is 5.75 Å². The third kappa shape index (κ3) is 3.13. The Kier molecular flexibility index (Phi) is 4.41. The molecule has 0 aliphatic carbocycles. The van der Waals surface area contributed by atoms with Gasteiger partial charge in [-0.05, 0) is 50.0 Å². The molecule has 0 radical (unpaired) electrons. The predicted octanol–water partition coefficient (Wildman–Crippen LogP) is 2.70. The lowest BCUT2D eigenvalue weighted by Crippen LogP contribution is -2.43. The molecule has 4 nitrogen and oxygen atoms in total. The summed E-state index contributed by atoms with van der Waals surface area (Å²) in [5.41, 5.74) is 7.51. The number of hydrogen-bond donors (Lipinski definition) is 1. The van der Waals surface area contributed by atoms with E-state index in [4.69, 9.17) is 22.1 Å². The smallest absolute Gasteiger partial charge is 0.253 e. The third-order valence-electron chi connectivity index (χ3n) is 4.53. The molecule has 1 aromatic carbocycles. The summed E-state index contributed by atoms with van der Waals surface area (Å²) in [7, 11) is 0. The van der Waals surface area contributed by atoms with Crippen molar-refractivity contribution in [1.29, 1.82) is 0 Å². The molecule has 1 amide bonds. The van der Waals surface area contributed by atoms with E-state index in [9.17, 15) is 4.79 Å². The molecular formula is C17H21ClN2O2. The molecule has 118 valence electrons. The molecule has 2 aliphatic heterocycles. The number of hydrogen-bond acceptors (Lipinski definition) is 3. The Balaban J connectivity index is 1.71. The molecule has 1 atom stereocenters. The number of fused-ring (bicyclic) bond motifs is 1. The molecule has 0 aromatic heterocycles. The fraction of sp³-hybridized carbons (Fsp3) is 0.471. The zero-order valence-electron chi connectivity index (χ0n) is 12.7. The number of benzene rings is 1. The van der Waals surface area contributed by atoms with Gasteiger partial charge in [0, 0.05) is 29.7 Å². The Hall–Kier alpha value is -1.52.